The molecule has 4 nitrogen and oxygen atoms in total. The summed E-state index contributed by atoms with van der Waals surface area (Å²) >= 11 is 1.67. The fourth-order valence-electron chi connectivity index (χ4n) is 2.40. The van der Waals surface area contributed by atoms with Crippen LogP contribution in [0, 0.1) is 6.92 Å². The van der Waals surface area contributed by atoms with Crippen molar-refractivity contribution in [2.24, 2.45) is 5.73 Å². The van der Waals surface area contributed by atoms with Crippen LogP contribution < -0.4 is 5.73 Å². The summed E-state index contributed by atoms with van der Waals surface area (Å²) in [4.78, 5) is 5.60. The Bertz CT molecular complexity index is 682. The number of rotatable bonds is 4. The molecule has 0 fully saturated rings. The number of furan rings is 1. The number of hydrogen-bond donors (Lipinski definition) is 1. The molecule has 0 bridgehead atoms. The molecular formula is C15H17N3OS. The van der Waals surface area contributed by atoms with Crippen LogP contribution >= 0.6 is 11.3 Å². The van der Waals surface area contributed by atoms with Gasteiger partial charge in [0.2, 0.25) is 0 Å². The SMILES string of the molecule is Cc1ccc(C(C(C)N)n2ccnc2-c2cccs2)o1. The van der Waals surface area contributed by atoms with E-state index in [1.54, 1.807) is 17.5 Å². The Balaban J connectivity index is 2.07. The molecule has 2 N–H and O–H groups in total. The van der Waals surface area contributed by atoms with Crippen molar-refractivity contribution < 1.29 is 4.42 Å². The maximum Gasteiger partial charge on any atom is 0.150 e. The zero-order chi connectivity index (χ0) is 14.1. The van der Waals surface area contributed by atoms with E-state index in [1.807, 2.05) is 43.6 Å². The molecule has 0 saturated heterocycles. The van der Waals surface area contributed by atoms with Gasteiger partial charge in [-0.2, -0.15) is 0 Å². The minimum Gasteiger partial charge on any atom is -0.464 e. The smallest absolute Gasteiger partial charge is 0.150 e. The van der Waals surface area contributed by atoms with E-state index in [4.69, 9.17) is 10.2 Å². The van der Waals surface area contributed by atoms with Crippen LogP contribution in [-0.4, -0.2) is 15.6 Å². The summed E-state index contributed by atoms with van der Waals surface area (Å²) in [7, 11) is 0. The highest BCUT2D eigenvalue weighted by Gasteiger charge is 2.24. The van der Waals surface area contributed by atoms with Crippen molar-refractivity contribution in [2.45, 2.75) is 25.9 Å². The second-order valence-electron chi connectivity index (χ2n) is 4.89. The zero-order valence-electron chi connectivity index (χ0n) is 11.5. The maximum absolute atomic E-state index is 6.19. The summed E-state index contributed by atoms with van der Waals surface area (Å²) in [5.41, 5.74) is 6.19. The molecule has 2 unspecified atom stereocenters. The molecule has 0 aromatic carbocycles. The molecule has 3 aromatic heterocycles. The van der Waals surface area contributed by atoms with Gasteiger partial charge in [0.15, 0.2) is 5.82 Å². The van der Waals surface area contributed by atoms with Crippen molar-refractivity contribution in [3.8, 4) is 10.7 Å². The predicted octanol–water partition coefficient (Wildman–Crippen LogP) is 3.45. The van der Waals surface area contributed by atoms with Gasteiger partial charge in [-0.1, -0.05) is 6.07 Å². The van der Waals surface area contributed by atoms with Crippen molar-refractivity contribution in [1.29, 1.82) is 0 Å². The molecule has 20 heavy (non-hydrogen) atoms. The first-order valence-electron chi connectivity index (χ1n) is 6.55. The Morgan fingerprint density at radius 1 is 1.35 bits per heavy atom. The van der Waals surface area contributed by atoms with Gasteiger partial charge in [0.1, 0.15) is 17.6 Å². The molecule has 3 rings (SSSR count). The standard InChI is InChI=1S/C15H17N3OS/c1-10-5-6-12(19-10)14(11(2)16)18-8-7-17-15(18)13-4-3-9-20-13/h3-9,11,14H,16H2,1-2H3. The third kappa shape index (κ3) is 2.30. The Morgan fingerprint density at radius 2 is 2.20 bits per heavy atom. The van der Waals surface area contributed by atoms with E-state index in [1.165, 1.54) is 0 Å². The van der Waals surface area contributed by atoms with Crippen LogP contribution in [0.4, 0.5) is 0 Å². The fourth-order valence-corrected chi connectivity index (χ4v) is 3.12. The highest BCUT2D eigenvalue weighted by atomic mass is 32.1. The van der Waals surface area contributed by atoms with E-state index >= 15 is 0 Å². The van der Waals surface area contributed by atoms with Crippen LogP contribution in [0.25, 0.3) is 10.7 Å². The van der Waals surface area contributed by atoms with E-state index in [2.05, 4.69) is 15.6 Å². The molecule has 5 heteroatoms. The minimum absolute atomic E-state index is 0.0525. The molecule has 3 aromatic rings. The number of hydrogen-bond acceptors (Lipinski definition) is 4. The quantitative estimate of drug-likeness (QED) is 0.799. The average molecular weight is 287 g/mol. The number of thiophene rings is 1. The molecule has 2 atom stereocenters. The van der Waals surface area contributed by atoms with Crippen LogP contribution in [0.2, 0.25) is 0 Å². The van der Waals surface area contributed by atoms with Crippen LogP contribution in [0.3, 0.4) is 0 Å². The number of aromatic nitrogens is 2. The van der Waals surface area contributed by atoms with Gasteiger partial charge < -0.3 is 14.7 Å². The summed E-state index contributed by atoms with van der Waals surface area (Å²) in [6.45, 7) is 3.93. The van der Waals surface area contributed by atoms with E-state index in [-0.39, 0.29) is 12.1 Å². The van der Waals surface area contributed by atoms with Gasteiger partial charge in [-0.3, -0.25) is 0 Å². The summed E-state index contributed by atoms with van der Waals surface area (Å²) in [5, 5.41) is 2.05. The Hall–Kier alpha value is -1.85. The second-order valence-corrected chi connectivity index (χ2v) is 5.84. The molecule has 0 aliphatic heterocycles. The van der Waals surface area contributed by atoms with Crippen molar-refractivity contribution in [2.75, 3.05) is 0 Å². The van der Waals surface area contributed by atoms with Crippen molar-refractivity contribution >= 4 is 11.3 Å². The van der Waals surface area contributed by atoms with Gasteiger partial charge in [-0.15, -0.1) is 11.3 Å². The normalized spacial score (nSPS) is 14.3. The summed E-state index contributed by atoms with van der Waals surface area (Å²) in [6, 6.07) is 7.91. The molecule has 0 radical (unpaired) electrons. The predicted molar refractivity (Wildman–Crippen MR) is 80.8 cm³/mol. The lowest BCUT2D eigenvalue weighted by Crippen LogP contribution is -2.30. The zero-order valence-corrected chi connectivity index (χ0v) is 12.3. The molecule has 0 saturated carbocycles. The van der Waals surface area contributed by atoms with E-state index in [0.29, 0.717) is 0 Å². The van der Waals surface area contributed by atoms with Gasteiger partial charge in [-0.05, 0) is 37.4 Å². The number of nitrogens with zero attached hydrogens (tertiary/aromatic N) is 2. The molecule has 3 heterocycles. The van der Waals surface area contributed by atoms with E-state index in [0.717, 1.165) is 22.2 Å². The Labute approximate surface area is 121 Å². The van der Waals surface area contributed by atoms with Crippen LogP contribution in [-0.2, 0) is 0 Å². The highest BCUT2D eigenvalue weighted by molar-refractivity contribution is 7.13. The third-order valence-electron chi connectivity index (χ3n) is 3.26. The van der Waals surface area contributed by atoms with Crippen LogP contribution in [0.15, 0.2) is 46.5 Å². The molecule has 0 aliphatic carbocycles. The van der Waals surface area contributed by atoms with Crippen molar-refractivity contribution in [1.82, 2.24) is 9.55 Å². The third-order valence-corrected chi connectivity index (χ3v) is 4.13. The molecular weight excluding hydrogens is 270 g/mol. The lowest BCUT2D eigenvalue weighted by atomic mass is 10.1. The Morgan fingerprint density at radius 3 is 2.80 bits per heavy atom. The summed E-state index contributed by atoms with van der Waals surface area (Å²) < 4.78 is 7.87. The highest BCUT2D eigenvalue weighted by Crippen LogP contribution is 2.30. The maximum atomic E-state index is 6.19. The van der Waals surface area contributed by atoms with Crippen LogP contribution in [0.1, 0.15) is 24.5 Å². The summed E-state index contributed by atoms with van der Waals surface area (Å²) in [5.74, 6) is 2.69. The van der Waals surface area contributed by atoms with Gasteiger partial charge in [-0.25, -0.2) is 4.98 Å². The molecule has 0 spiro atoms. The first-order valence-corrected chi connectivity index (χ1v) is 7.43. The lowest BCUT2D eigenvalue weighted by Gasteiger charge is -2.22. The number of imidazole rings is 1. The Kier molecular flexibility index (Phi) is 3.46. The fraction of sp³-hybridized carbons (Fsp3) is 0.267. The first kappa shape index (κ1) is 13.1. The van der Waals surface area contributed by atoms with E-state index in [9.17, 15) is 0 Å². The van der Waals surface area contributed by atoms with Crippen molar-refractivity contribution in [3.05, 3.63) is 53.6 Å². The topological polar surface area (TPSA) is 57.0 Å². The minimum atomic E-state index is -0.0755. The molecule has 104 valence electrons. The lowest BCUT2D eigenvalue weighted by molar-refractivity contribution is 0.382. The first-order chi connectivity index (χ1) is 9.66. The second kappa shape index (κ2) is 5.26. The monoisotopic (exact) mass is 287 g/mol. The summed E-state index contributed by atoms with van der Waals surface area (Å²) in [6.07, 6.45) is 3.77. The average Bonchev–Trinajstić information content (AvgIpc) is 3.10. The van der Waals surface area contributed by atoms with Gasteiger partial charge in [0, 0.05) is 18.4 Å². The van der Waals surface area contributed by atoms with Crippen molar-refractivity contribution in [3.63, 3.8) is 0 Å². The van der Waals surface area contributed by atoms with Gasteiger partial charge in [0.25, 0.3) is 0 Å². The van der Waals surface area contributed by atoms with Crippen LogP contribution in [0.5, 0.6) is 0 Å². The number of aryl methyl sites for hydroxylation is 1. The van der Waals surface area contributed by atoms with E-state index < -0.39 is 0 Å². The largest absolute Gasteiger partial charge is 0.464 e. The number of nitrogens with two attached hydrogens (primary N) is 1. The molecule has 0 amide bonds. The van der Waals surface area contributed by atoms with Gasteiger partial charge in [0.05, 0.1) is 4.88 Å². The molecule has 0 aliphatic rings. The van der Waals surface area contributed by atoms with Gasteiger partial charge >= 0.3 is 0 Å².